The normalized spacial score (nSPS) is 16.2. The maximum atomic E-state index is 13.5. The van der Waals surface area contributed by atoms with Gasteiger partial charge in [-0.3, -0.25) is 14.4 Å². The number of aromatic nitrogens is 4. The van der Waals surface area contributed by atoms with Gasteiger partial charge in [0.1, 0.15) is 23.4 Å². The van der Waals surface area contributed by atoms with Gasteiger partial charge in [0.15, 0.2) is 0 Å². The van der Waals surface area contributed by atoms with Crippen molar-refractivity contribution >= 4 is 17.7 Å². The van der Waals surface area contributed by atoms with Crippen LogP contribution in [0.1, 0.15) is 45.4 Å². The van der Waals surface area contributed by atoms with Crippen LogP contribution in [0.15, 0.2) is 65.4 Å². The van der Waals surface area contributed by atoms with E-state index in [1.807, 2.05) is 73.1 Å². The van der Waals surface area contributed by atoms with Crippen molar-refractivity contribution < 1.29 is 28.4 Å². The quantitative estimate of drug-likeness (QED) is 0.287. The molecule has 0 fully saturated rings. The number of benzene rings is 2. The number of ether oxygens (including phenoxy) is 2. The molecule has 0 saturated heterocycles. The summed E-state index contributed by atoms with van der Waals surface area (Å²) in [5, 5.41) is 9.91. The molecule has 2 aromatic carbocycles. The molecule has 2 N–H and O–H groups in total. The molecule has 0 aliphatic carbocycles. The van der Waals surface area contributed by atoms with Gasteiger partial charge >= 0.3 is 0 Å². The highest BCUT2D eigenvalue weighted by Gasteiger charge is 2.25. The fraction of sp³-hybridized carbons (Fsp3) is 0.429. The molecule has 3 heterocycles. The number of carbonyl (C=O) groups excluding carboxylic acids is 3. The Kier molecular flexibility index (Phi) is 11.8. The topological polar surface area (TPSA) is 154 Å². The highest BCUT2D eigenvalue weighted by atomic mass is 16.5. The van der Waals surface area contributed by atoms with Crippen molar-refractivity contribution in [2.24, 2.45) is 5.92 Å². The summed E-state index contributed by atoms with van der Waals surface area (Å²) in [5.41, 5.74) is 1.60. The summed E-state index contributed by atoms with van der Waals surface area (Å²) < 4.78 is 18.8. The molecule has 2 bridgehead atoms. The number of fused-ring (bicyclic) bond motifs is 4. The fourth-order valence-electron chi connectivity index (χ4n) is 5.60. The third-order valence-electron chi connectivity index (χ3n) is 7.94. The lowest BCUT2D eigenvalue weighted by Gasteiger charge is -2.25. The second-order valence-corrected chi connectivity index (χ2v) is 12.1. The SMILES string of the molecule is COc1ccccc1-c1noc(CCCC(=O)N2CCCOc3cccc(c3)-c3nccn3CCNC(=O)[C@@H](CC(C)C)NC(=O)C2)n1. The molecule has 3 amide bonds. The number of imidazole rings is 1. The highest BCUT2D eigenvalue weighted by molar-refractivity contribution is 5.90. The minimum absolute atomic E-state index is 0.162. The van der Waals surface area contributed by atoms with Crippen LogP contribution in [0.25, 0.3) is 22.8 Å². The smallest absolute Gasteiger partial charge is 0.242 e. The van der Waals surface area contributed by atoms with E-state index in [1.165, 1.54) is 4.90 Å². The van der Waals surface area contributed by atoms with E-state index < -0.39 is 11.9 Å². The number of nitrogens with zero attached hydrogens (tertiary/aromatic N) is 5. The van der Waals surface area contributed by atoms with Gasteiger partial charge in [-0.05, 0) is 49.4 Å². The minimum Gasteiger partial charge on any atom is -0.496 e. The van der Waals surface area contributed by atoms with Crippen LogP contribution < -0.4 is 20.1 Å². The molecule has 5 rings (SSSR count). The number of para-hydroxylation sites is 1. The largest absolute Gasteiger partial charge is 0.496 e. The predicted molar refractivity (Wildman–Crippen MR) is 178 cm³/mol. The third-order valence-corrected chi connectivity index (χ3v) is 7.94. The van der Waals surface area contributed by atoms with E-state index in [2.05, 4.69) is 25.8 Å². The molecule has 48 heavy (non-hydrogen) atoms. The summed E-state index contributed by atoms with van der Waals surface area (Å²) in [6.45, 7) is 5.32. The van der Waals surface area contributed by atoms with E-state index in [1.54, 1.807) is 13.3 Å². The van der Waals surface area contributed by atoms with Gasteiger partial charge in [-0.25, -0.2) is 4.98 Å². The van der Waals surface area contributed by atoms with Crippen molar-refractivity contribution in [1.29, 1.82) is 0 Å². The number of aryl methyl sites for hydroxylation is 1. The van der Waals surface area contributed by atoms with Crippen LogP contribution in [0.3, 0.4) is 0 Å². The van der Waals surface area contributed by atoms with Gasteiger partial charge in [-0.2, -0.15) is 4.98 Å². The second kappa shape index (κ2) is 16.6. The van der Waals surface area contributed by atoms with E-state index in [0.29, 0.717) is 80.7 Å². The Morgan fingerprint density at radius 1 is 1.12 bits per heavy atom. The summed E-state index contributed by atoms with van der Waals surface area (Å²) in [6, 6.07) is 14.3. The average Bonchev–Trinajstić information content (AvgIpc) is 3.75. The molecule has 1 aliphatic rings. The van der Waals surface area contributed by atoms with Gasteiger partial charge in [-0.15, -0.1) is 0 Å². The van der Waals surface area contributed by atoms with Gasteiger partial charge in [0.05, 0.1) is 25.8 Å². The van der Waals surface area contributed by atoms with E-state index in [0.717, 1.165) is 11.4 Å². The van der Waals surface area contributed by atoms with Gasteiger partial charge < -0.3 is 34.1 Å². The first-order valence-corrected chi connectivity index (χ1v) is 16.4. The van der Waals surface area contributed by atoms with Gasteiger partial charge in [0.2, 0.25) is 29.4 Å². The Morgan fingerprint density at radius 2 is 1.98 bits per heavy atom. The van der Waals surface area contributed by atoms with Crippen LogP contribution in [0, 0.1) is 5.92 Å². The maximum absolute atomic E-state index is 13.5. The Hall–Kier alpha value is -5.20. The molecule has 0 radical (unpaired) electrons. The molecule has 1 atom stereocenters. The molecule has 4 aromatic rings. The van der Waals surface area contributed by atoms with E-state index in [9.17, 15) is 14.4 Å². The Bertz CT molecular complexity index is 1680. The number of rotatable bonds is 8. The van der Waals surface area contributed by atoms with Crippen LogP contribution in [0.2, 0.25) is 0 Å². The van der Waals surface area contributed by atoms with E-state index in [-0.39, 0.29) is 30.7 Å². The molecular weight excluding hydrogens is 614 g/mol. The number of amides is 3. The van der Waals surface area contributed by atoms with Crippen LogP contribution in [-0.2, 0) is 27.3 Å². The molecule has 0 spiro atoms. The maximum Gasteiger partial charge on any atom is 0.242 e. The summed E-state index contributed by atoms with van der Waals surface area (Å²) >= 11 is 0. The molecule has 0 saturated carbocycles. The van der Waals surface area contributed by atoms with E-state index >= 15 is 0 Å². The average molecular weight is 658 g/mol. The predicted octanol–water partition coefficient (Wildman–Crippen LogP) is 3.89. The lowest BCUT2D eigenvalue weighted by atomic mass is 10.0. The molecule has 254 valence electrons. The third kappa shape index (κ3) is 9.20. The fourth-order valence-corrected chi connectivity index (χ4v) is 5.60. The van der Waals surface area contributed by atoms with Gasteiger partial charge in [-0.1, -0.05) is 43.3 Å². The first-order chi connectivity index (χ1) is 23.3. The molecule has 1 aliphatic heterocycles. The van der Waals surface area contributed by atoms with Crippen LogP contribution in [-0.4, -0.2) is 81.7 Å². The summed E-state index contributed by atoms with van der Waals surface area (Å²) in [5.74, 6) is 2.20. The number of nitrogens with one attached hydrogen (secondary N) is 2. The molecule has 0 unspecified atom stereocenters. The van der Waals surface area contributed by atoms with Crippen molar-refractivity contribution in [3.63, 3.8) is 0 Å². The van der Waals surface area contributed by atoms with Gasteiger partial charge in [0, 0.05) is 50.4 Å². The zero-order valence-electron chi connectivity index (χ0n) is 27.7. The highest BCUT2D eigenvalue weighted by Crippen LogP contribution is 2.27. The number of carbonyl (C=O) groups is 3. The number of methoxy groups -OCH3 is 1. The van der Waals surface area contributed by atoms with Crippen molar-refractivity contribution in [2.75, 3.05) is 33.4 Å². The lowest BCUT2D eigenvalue weighted by Crippen LogP contribution is -2.51. The van der Waals surface area contributed by atoms with Gasteiger partial charge in [0.25, 0.3) is 0 Å². The van der Waals surface area contributed by atoms with Crippen molar-refractivity contribution in [3.8, 4) is 34.3 Å². The van der Waals surface area contributed by atoms with Crippen LogP contribution in [0.4, 0.5) is 0 Å². The summed E-state index contributed by atoms with van der Waals surface area (Å²) in [7, 11) is 1.58. The second-order valence-electron chi connectivity index (χ2n) is 12.1. The minimum atomic E-state index is -0.731. The monoisotopic (exact) mass is 657 g/mol. The van der Waals surface area contributed by atoms with E-state index in [4.69, 9.17) is 14.0 Å². The van der Waals surface area contributed by atoms with Crippen molar-refractivity contribution in [3.05, 3.63) is 66.8 Å². The number of hydrogen-bond acceptors (Lipinski definition) is 9. The number of hydrogen-bond donors (Lipinski definition) is 2. The Morgan fingerprint density at radius 3 is 2.81 bits per heavy atom. The molecule has 13 heteroatoms. The molecule has 13 nitrogen and oxygen atoms in total. The van der Waals surface area contributed by atoms with Crippen LogP contribution >= 0.6 is 0 Å². The Balaban J connectivity index is 1.26. The lowest BCUT2D eigenvalue weighted by molar-refractivity contribution is -0.137. The first kappa shape index (κ1) is 34.1. The van der Waals surface area contributed by atoms with Crippen LogP contribution in [0.5, 0.6) is 11.5 Å². The van der Waals surface area contributed by atoms with Crippen molar-refractivity contribution in [2.45, 2.75) is 58.5 Å². The summed E-state index contributed by atoms with van der Waals surface area (Å²) in [4.78, 5) is 50.5. The standard InChI is InChI=1S/C35H43N7O6/c1-24(2)21-28-35(45)37-16-19-41-18-15-36-34(41)25-9-6-10-26(22-25)47-20-8-17-42(23-30(43)38-28)32(44)14-7-13-31-39-33(40-48-31)27-11-4-5-12-29(27)46-3/h4-6,9-12,15,18,22,24,28H,7-8,13-14,16-17,19-21,23H2,1-3H3,(H,37,45)(H,38,43)/t28-/m1/s1. The zero-order valence-corrected chi connectivity index (χ0v) is 27.7. The zero-order chi connectivity index (χ0) is 33.9. The molecular formula is C35H43N7O6. The molecule has 2 aromatic heterocycles. The summed E-state index contributed by atoms with van der Waals surface area (Å²) in [6.07, 6.45) is 5.56. The first-order valence-electron chi connectivity index (χ1n) is 16.4. The Labute approximate surface area is 280 Å². The van der Waals surface area contributed by atoms with Crippen molar-refractivity contribution in [1.82, 2.24) is 35.2 Å².